The number of rotatable bonds is 5. The van der Waals surface area contributed by atoms with Crippen molar-refractivity contribution in [3.05, 3.63) is 32.8 Å². The highest BCUT2D eigenvalue weighted by molar-refractivity contribution is 7.17. The highest BCUT2D eigenvalue weighted by Gasteiger charge is 2.34. The minimum Gasteiger partial charge on any atom is -0.462 e. The first-order valence-electron chi connectivity index (χ1n) is 11.4. The smallest absolute Gasteiger partial charge is 0.407 e. The van der Waals surface area contributed by atoms with Crippen LogP contribution in [0, 0.1) is 11.6 Å². The van der Waals surface area contributed by atoms with Gasteiger partial charge in [0.05, 0.1) is 28.4 Å². The number of carbonyl (C=O) groups is 3. The molecule has 1 fully saturated rings. The highest BCUT2D eigenvalue weighted by atomic mass is 32.1. The van der Waals surface area contributed by atoms with Gasteiger partial charge in [-0.3, -0.25) is 9.59 Å². The minimum atomic E-state index is -1.11. The number of ether oxygens (including phenoxy) is 2. The lowest BCUT2D eigenvalue weighted by Gasteiger charge is -2.26. The number of halogens is 2. The molecule has 1 aromatic heterocycles. The Bertz CT molecular complexity index is 1270. The average Bonchev–Trinajstić information content (AvgIpc) is 3.20. The van der Waals surface area contributed by atoms with Crippen molar-refractivity contribution in [2.45, 2.75) is 52.7 Å². The van der Waals surface area contributed by atoms with E-state index in [0.29, 0.717) is 6.42 Å². The summed E-state index contributed by atoms with van der Waals surface area (Å²) in [6.45, 7) is 8.20. The zero-order valence-electron chi connectivity index (χ0n) is 21.0. The maximum absolute atomic E-state index is 16.0. The second-order valence-corrected chi connectivity index (χ2v) is 10.3. The zero-order valence-corrected chi connectivity index (χ0v) is 21.8. The molecule has 1 unspecified atom stereocenters. The molecule has 0 spiro atoms. The summed E-state index contributed by atoms with van der Waals surface area (Å²) in [4.78, 5) is 52.1. The van der Waals surface area contributed by atoms with Crippen molar-refractivity contribution < 1.29 is 32.6 Å². The Morgan fingerprint density at radius 2 is 1.92 bits per heavy atom. The molecule has 0 aliphatic carbocycles. The molecule has 196 valence electrons. The third-order valence-corrected chi connectivity index (χ3v) is 6.55. The average molecular weight is 526 g/mol. The lowest BCUT2D eigenvalue weighted by molar-refractivity contribution is -0.116. The van der Waals surface area contributed by atoms with Crippen LogP contribution in [-0.2, 0) is 14.3 Å². The quantitative estimate of drug-likeness (QED) is 0.592. The maximum atomic E-state index is 16.0. The maximum Gasteiger partial charge on any atom is 0.407 e. The molecule has 1 aliphatic rings. The molecule has 36 heavy (non-hydrogen) atoms. The van der Waals surface area contributed by atoms with Crippen molar-refractivity contribution in [2.24, 2.45) is 0 Å². The molecular formula is C24H29F2N3O6S. The van der Waals surface area contributed by atoms with E-state index in [1.54, 1.807) is 27.7 Å². The SMILES string of the molecule is CCOC(=O)c1csc2c(F)c(N3CCC(NC(=O)OC(C)(C)C)C3)c(F)c(N(C)C(C)=O)c2c1=O. The van der Waals surface area contributed by atoms with Crippen LogP contribution in [0.5, 0.6) is 0 Å². The molecule has 3 rings (SSSR count). The van der Waals surface area contributed by atoms with Crippen molar-refractivity contribution in [1.29, 1.82) is 0 Å². The predicted octanol–water partition coefficient (Wildman–Crippen LogP) is 3.80. The van der Waals surface area contributed by atoms with Crippen LogP contribution in [0.3, 0.4) is 0 Å². The van der Waals surface area contributed by atoms with E-state index in [1.807, 2.05) is 0 Å². The van der Waals surface area contributed by atoms with Gasteiger partial charge in [0.2, 0.25) is 11.3 Å². The molecule has 1 aromatic carbocycles. The molecule has 9 nitrogen and oxygen atoms in total. The molecule has 0 radical (unpaired) electrons. The van der Waals surface area contributed by atoms with E-state index in [1.165, 1.54) is 24.3 Å². The number of carbonyl (C=O) groups excluding carboxylic acids is 3. The highest BCUT2D eigenvalue weighted by Crippen LogP contribution is 2.40. The number of hydrogen-bond acceptors (Lipinski definition) is 8. The molecule has 12 heteroatoms. The molecule has 1 saturated heterocycles. The lowest BCUT2D eigenvalue weighted by Crippen LogP contribution is -2.40. The van der Waals surface area contributed by atoms with Crippen LogP contribution in [0.2, 0.25) is 0 Å². The molecule has 0 bridgehead atoms. The van der Waals surface area contributed by atoms with Gasteiger partial charge < -0.3 is 24.6 Å². The number of nitrogens with zero attached hydrogens (tertiary/aromatic N) is 2. The van der Waals surface area contributed by atoms with Crippen LogP contribution >= 0.6 is 11.3 Å². The second kappa shape index (κ2) is 10.4. The van der Waals surface area contributed by atoms with Gasteiger partial charge in [0.15, 0.2) is 11.6 Å². The fraction of sp³-hybridized carbons (Fsp3) is 0.500. The summed E-state index contributed by atoms with van der Waals surface area (Å²) in [7, 11) is 1.26. The second-order valence-electron chi connectivity index (χ2n) is 9.38. The van der Waals surface area contributed by atoms with Crippen LogP contribution in [0.4, 0.5) is 25.0 Å². The van der Waals surface area contributed by atoms with Crippen molar-refractivity contribution >= 4 is 50.8 Å². The molecule has 2 aromatic rings. The molecule has 2 heterocycles. The van der Waals surface area contributed by atoms with E-state index in [4.69, 9.17) is 9.47 Å². The Labute approximate surface area is 211 Å². The first-order chi connectivity index (χ1) is 16.8. The van der Waals surface area contributed by atoms with Gasteiger partial charge in [0, 0.05) is 32.4 Å². The number of alkyl carbamates (subject to hydrolysis) is 1. The third kappa shape index (κ3) is 5.43. The summed E-state index contributed by atoms with van der Waals surface area (Å²) < 4.78 is 41.7. The Morgan fingerprint density at radius 3 is 2.50 bits per heavy atom. The first kappa shape index (κ1) is 27.3. The van der Waals surface area contributed by atoms with Gasteiger partial charge >= 0.3 is 12.1 Å². The van der Waals surface area contributed by atoms with Crippen LogP contribution in [0.25, 0.3) is 10.1 Å². The number of anilines is 2. The van der Waals surface area contributed by atoms with Gasteiger partial charge in [0.25, 0.3) is 0 Å². The number of amides is 2. The molecule has 1 N–H and O–H groups in total. The number of nitrogens with one attached hydrogen (secondary N) is 1. The summed E-state index contributed by atoms with van der Waals surface area (Å²) in [6, 6.07) is -0.437. The Hall–Kier alpha value is -3.28. The van der Waals surface area contributed by atoms with E-state index >= 15 is 8.78 Å². The van der Waals surface area contributed by atoms with Crippen molar-refractivity contribution in [3.63, 3.8) is 0 Å². The zero-order chi connectivity index (χ0) is 26.9. The first-order valence-corrected chi connectivity index (χ1v) is 12.3. The summed E-state index contributed by atoms with van der Waals surface area (Å²) in [5, 5.41) is 3.45. The number of benzene rings is 1. The Morgan fingerprint density at radius 1 is 1.25 bits per heavy atom. The van der Waals surface area contributed by atoms with Gasteiger partial charge in [-0.15, -0.1) is 11.3 Å². The van der Waals surface area contributed by atoms with Gasteiger partial charge in [-0.05, 0) is 34.1 Å². The lowest BCUT2D eigenvalue weighted by atomic mass is 10.1. The molecular weight excluding hydrogens is 496 g/mol. The summed E-state index contributed by atoms with van der Waals surface area (Å²) in [5.74, 6) is -3.61. The number of fused-ring (bicyclic) bond motifs is 1. The molecule has 1 atom stereocenters. The third-order valence-electron chi connectivity index (χ3n) is 5.58. The van der Waals surface area contributed by atoms with Crippen LogP contribution < -0.4 is 20.5 Å². The standard InChI is InChI=1S/C24H29F2N3O6S/c1-7-34-22(32)14-11-36-21-15(20(14)31)18(28(6)12(2)30)16(25)19(17(21)26)29-9-8-13(10-29)27-23(33)35-24(3,4)5/h11,13H,7-10H2,1-6H3,(H,27,33). The van der Waals surface area contributed by atoms with Crippen molar-refractivity contribution in [3.8, 4) is 0 Å². The Kier molecular flexibility index (Phi) is 7.87. The van der Waals surface area contributed by atoms with Crippen molar-refractivity contribution in [2.75, 3.05) is 36.5 Å². The van der Waals surface area contributed by atoms with Crippen LogP contribution in [-0.4, -0.2) is 56.4 Å². The molecule has 0 saturated carbocycles. The van der Waals surface area contributed by atoms with Crippen LogP contribution in [0.15, 0.2) is 10.2 Å². The van der Waals surface area contributed by atoms with E-state index in [0.717, 1.165) is 16.2 Å². The predicted molar refractivity (Wildman–Crippen MR) is 133 cm³/mol. The Balaban J connectivity index is 2.11. The largest absolute Gasteiger partial charge is 0.462 e. The van der Waals surface area contributed by atoms with Gasteiger partial charge in [-0.25, -0.2) is 18.4 Å². The van der Waals surface area contributed by atoms with Crippen LogP contribution in [0.1, 0.15) is 51.4 Å². The number of hydrogen-bond donors (Lipinski definition) is 1. The van der Waals surface area contributed by atoms with E-state index < -0.39 is 63.4 Å². The fourth-order valence-corrected chi connectivity index (χ4v) is 4.87. The normalized spacial score (nSPS) is 15.7. The molecule has 1 aliphatic heterocycles. The minimum absolute atomic E-state index is 0.0102. The van der Waals surface area contributed by atoms with E-state index in [2.05, 4.69) is 5.32 Å². The van der Waals surface area contributed by atoms with Gasteiger partial charge in [-0.1, -0.05) is 0 Å². The van der Waals surface area contributed by atoms with Gasteiger partial charge in [0.1, 0.15) is 16.9 Å². The van der Waals surface area contributed by atoms with Gasteiger partial charge in [-0.2, -0.15) is 0 Å². The fourth-order valence-electron chi connectivity index (χ4n) is 3.93. The summed E-state index contributed by atoms with van der Waals surface area (Å²) in [5.41, 5.74) is -2.85. The van der Waals surface area contributed by atoms with Crippen molar-refractivity contribution in [1.82, 2.24) is 5.32 Å². The number of esters is 1. The summed E-state index contributed by atoms with van der Waals surface area (Å²) >= 11 is 0.744. The van der Waals surface area contributed by atoms with E-state index in [9.17, 15) is 19.2 Å². The summed E-state index contributed by atoms with van der Waals surface area (Å²) in [6.07, 6.45) is -0.248. The monoisotopic (exact) mass is 525 g/mol. The topological polar surface area (TPSA) is 105 Å². The van der Waals surface area contributed by atoms with E-state index in [-0.39, 0.29) is 30.0 Å². The molecule has 2 amide bonds.